The molecule has 0 amide bonds. The molecule has 2 heterocycles. The van der Waals surface area contributed by atoms with Crippen LogP contribution >= 0.6 is 0 Å². The first kappa shape index (κ1) is 30.3. The van der Waals surface area contributed by atoms with Gasteiger partial charge in [0.05, 0.1) is 38.0 Å². The minimum absolute atomic E-state index is 0.0516. The average Bonchev–Trinajstić information content (AvgIpc) is 3.62. The van der Waals surface area contributed by atoms with E-state index in [9.17, 15) is 20.1 Å². The minimum Gasteiger partial charge on any atom is -0.496 e. The lowest BCUT2D eigenvalue weighted by Gasteiger charge is -2.62. The summed E-state index contributed by atoms with van der Waals surface area (Å²) in [5.41, 5.74) is 2.96. The van der Waals surface area contributed by atoms with Crippen molar-refractivity contribution in [1.29, 1.82) is 0 Å². The van der Waals surface area contributed by atoms with Crippen LogP contribution in [0.25, 0.3) is 11.1 Å². The maximum absolute atomic E-state index is 11.8. The van der Waals surface area contributed by atoms with E-state index >= 15 is 0 Å². The van der Waals surface area contributed by atoms with Gasteiger partial charge >= 0.3 is 0 Å². The molecule has 7 rings (SSSR count). The third-order valence-corrected chi connectivity index (χ3v) is 10.8. The van der Waals surface area contributed by atoms with Gasteiger partial charge in [-0.3, -0.25) is 14.9 Å². The molecule has 2 aromatic carbocycles. The van der Waals surface area contributed by atoms with E-state index in [0.717, 1.165) is 29.4 Å². The lowest BCUT2D eigenvalue weighted by atomic mass is 9.44. The van der Waals surface area contributed by atoms with Gasteiger partial charge < -0.3 is 29.5 Å². The number of nitrogens with one attached hydrogen (secondary N) is 1. The minimum atomic E-state index is -0.998. The number of rotatable bonds is 10. The van der Waals surface area contributed by atoms with Crippen molar-refractivity contribution in [3.63, 3.8) is 0 Å². The van der Waals surface area contributed by atoms with E-state index in [-0.39, 0.29) is 26.0 Å². The van der Waals surface area contributed by atoms with Crippen LogP contribution in [-0.4, -0.2) is 77.7 Å². The molecule has 3 aliphatic carbocycles. The second-order valence-corrected chi connectivity index (χ2v) is 13.3. The fraction of sp³-hybridized carbons (Fsp3) is 0.606. The quantitative estimate of drug-likeness (QED) is 0.239. The number of nitrogens with zero attached hydrogens (tertiary/aromatic N) is 1. The Balaban J connectivity index is 1.29. The number of hydrogen-bond donors (Lipinski definition) is 4. The number of methoxy groups -OCH3 is 1. The van der Waals surface area contributed by atoms with Gasteiger partial charge in [0.2, 0.25) is 6.79 Å². The molecule has 3 saturated carbocycles. The molecule has 234 valence electrons. The number of hydroxylamine groups is 2. The number of aldehydes is 1. The summed E-state index contributed by atoms with van der Waals surface area (Å²) in [6.07, 6.45) is 0.457. The molecule has 0 radical (unpaired) electrons. The van der Waals surface area contributed by atoms with E-state index in [4.69, 9.17) is 19.0 Å². The largest absolute Gasteiger partial charge is 0.496 e. The molecule has 4 fully saturated rings. The van der Waals surface area contributed by atoms with E-state index in [2.05, 4.69) is 26.1 Å². The van der Waals surface area contributed by atoms with Crippen LogP contribution in [0.5, 0.6) is 17.2 Å². The standard InChI is InChI=1S/C33H44N2O8/c1-17-24-11-22(33(24,3)4)12-25(17)34-32(39)29-28(18(2)38)27(15-37)43-35(29)13-19-7-6-8-23(30(19)40-5)20-9-21(14-36)31-26(10-20)41-16-42-31/h6-10,14,17-18,22,24-25,27-29,32,34,37-39H,11-13,15-16H2,1-5H3/t17-,18-,22+,24-,25-,27-,28+,29-,32?/m0/s1. The monoisotopic (exact) mass is 596 g/mol. The number of ether oxygens (including phenoxy) is 3. The lowest BCUT2D eigenvalue weighted by Crippen LogP contribution is -2.63. The van der Waals surface area contributed by atoms with Crippen molar-refractivity contribution in [2.24, 2.45) is 29.1 Å². The molecule has 10 heteroatoms. The number of carbonyl (C=O) groups excluding carboxylic acids is 1. The van der Waals surface area contributed by atoms with Gasteiger partial charge in [0, 0.05) is 23.1 Å². The molecule has 5 aliphatic rings. The van der Waals surface area contributed by atoms with Gasteiger partial charge in [0.25, 0.3) is 0 Å². The van der Waals surface area contributed by atoms with Crippen molar-refractivity contribution in [2.75, 3.05) is 20.5 Å². The Kier molecular flexibility index (Phi) is 8.21. The Morgan fingerprint density at radius 2 is 2.00 bits per heavy atom. The molecule has 1 saturated heterocycles. The highest BCUT2D eigenvalue weighted by molar-refractivity contribution is 5.87. The highest BCUT2D eigenvalue weighted by Gasteiger charge is 2.57. The van der Waals surface area contributed by atoms with Gasteiger partial charge in [-0.1, -0.05) is 39.0 Å². The molecule has 10 nitrogen and oxygen atoms in total. The summed E-state index contributed by atoms with van der Waals surface area (Å²) in [4.78, 5) is 18.0. The van der Waals surface area contributed by atoms with Gasteiger partial charge in [-0.05, 0) is 60.6 Å². The molecule has 4 N–H and O–H groups in total. The van der Waals surface area contributed by atoms with E-state index in [1.807, 2.05) is 24.3 Å². The van der Waals surface area contributed by atoms with Crippen molar-refractivity contribution >= 4 is 6.29 Å². The summed E-state index contributed by atoms with van der Waals surface area (Å²) < 4.78 is 16.9. The molecule has 2 aliphatic heterocycles. The first-order chi connectivity index (χ1) is 20.6. The highest BCUT2D eigenvalue weighted by atomic mass is 16.7. The van der Waals surface area contributed by atoms with Gasteiger partial charge in [-0.2, -0.15) is 5.06 Å². The van der Waals surface area contributed by atoms with Crippen molar-refractivity contribution < 1.29 is 39.2 Å². The first-order valence-electron chi connectivity index (χ1n) is 15.3. The molecule has 9 atom stereocenters. The SMILES string of the molecule is COc1c(CN2O[C@@H](CO)[C@@H]([C@H](C)O)[C@H]2C(O)N[C@H]2C[C@H]3C[C@@H]([C@@H]2C)C3(C)C)cccc1-c1cc(C=O)c2c(c1)OCO2. The summed E-state index contributed by atoms with van der Waals surface area (Å²) >= 11 is 0. The molecule has 43 heavy (non-hydrogen) atoms. The summed E-state index contributed by atoms with van der Waals surface area (Å²) in [5.74, 6) is 2.59. The molecule has 0 aromatic heterocycles. The number of fused-ring (bicyclic) bond motifs is 3. The van der Waals surface area contributed by atoms with Crippen LogP contribution in [0.1, 0.15) is 56.5 Å². The van der Waals surface area contributed by atoms with E-state index in [1.54, 1.807) is 25.2 Å². The smallest absolute Gasteiger partial charge is 0.231 e. The van der Waals surface area contributed by atoms with Gasteiger partial charge in [-0.15, -0.1) is 0 Å². The van der Waals surface area contributed by atoms with Crippen LogP contribution in [0.2, 0.25) is 0 Å². The molecule has 2 aromatic rings. The first-order valence-corrected chi connectivity index (χ1v) is 15.3. The Bertz CT molecular complexity index is 1350. The topological polar surface area (TPSA) is 130 Å². The highest BCUT2D eigenvalue weighted by Crippen LogP contribution is 2.61. The van der Waals surface area contributed by atoms with E-state index in [1.165, 1.54) is 6.42 Å². The number of carbonyl (C=O) groups is 1. The van der Waals surface area contributed by atoms with Crippen LogP contribution in [0.3, 0.4) is 0 Å². The van der Waals surface area contributed by atoms with E-state index in [0.29, 0.717) is 46.0 Å². The van der Waals surface area contributed by atoms with Crippen LogP contribution in [-0.2, 0) is 11.4 Å². The Morgan fingerprint density at radius 3 is 2.65 bits per heavy atom. The van der Waals surface area contributed by atoms with Crippen LogP contribution in [0.4, 0.5) is 0 Å². The summed E-state index contributed by atoms with van der Waals surface area (Å²) in [5, 5.41) is 37.9. The number of benzene rings is 2. The average molecular weight is 597 g/mol. The van der Waals surface area contributed by atoms with Gasteiger partial charge in [0.1, 0.15) is 18.1 Å². The fourth-order valence-corrected chi connectivity index (χ4v) is 8.30. The van der Waals surface area contributed by atoms with Crippen molar-refractivity contribution in [2.45, 2.75) is 77.6 Å². The number of aliphatic hydroxyl groups excluding tert-OH is 3. The molecular weight excluding hydrogens is 552 g/mol. The van der Waals surface area contributed by atoms with Crippen LogP contribution in [0.15, 0.2) is 30.3 Å². The van der Waals surface area contributed by atoms with Crippen LogP contribution in [0, 0.1) is 29.1 Å². The van der Waals surface area contributed by atoms with Gasteiger partial charge in [0.15, 0.2) is 17.8 Å². The van der Waals surface area contributed by atoms with Gasteiger partial charge in [-0.25, -0.2) is 0 Å². The molecule has 2 bridgehead atoms. The Hall–Kier alpha value is -2.73. The summed E-state index contributed by atoms with van der Waals surface area (Å²) in [7, 11) is 1.58. The lowest BCUT2D eigenvalue weighted by molar-refractivity contribution is -0.195. The molecule has 1 unspecified atom stereocenters. The predicted octanol–water partition coefficient (Wildman–Crippen LogP) is 3.36. The summed E-state index contributed by atoms with van der Waals surface area (Å²) in [6, 6.07) is 8.79. The summed E-state index contributed by atoms with van der Waals surface area (Å²) in [6.45, 7) is 8.62. The second kappa shape index (κ2) is 11.6. The Labute approximate surface area is 252 Å². The van der Waals surface area contributed by atoms with Crippen molar-refractivity contribution in [3.05, 3.63) is 41.5 Å². The zero-order valence-corrected chi connectivity index (χ0v) is 25.5. The molecular formula is C33H44N2O8. The predicted molar refractivity (Wildman–Crippen MR) is 158 cm³/mol. The van der Waals surface area contributed by atoms with Crippen molar-refractivity contribution in [1.82, 2.24) is 10.4 Å². The number of aliphatic hydroxyl groups is 3. The third kappa shape index (κ3) is 5.11. The number of hydrogen-bond acceptors (Lipinski definition) is 10. The second-order valence-electron chi connectivity index (χ2n) is 13.3. The van der Waals surface area contributed by atoms with Crippen LogP contribution < -0.4 is 19.5 Å². The Morgan fingerprint density at radius 1 is 1.21 bits per heavy atom. The van der Waals surface area contributed by atoms with E-state index < -0.39 is 30.4 Å². The van der Waals surface area contributed by atoms with Crippen molar-refractivity contribution in [3.8, 4) is 28.4 Å². The normalized spacial score (nSPS) is 32.2. The fourth-order valence-electron chi connectivity index (χ4n) is 8.30. The zero-order chi connectivity index (χ0) is 30.6. The zero-order valence-electron chi connectivity index (χ0n) is 25.5. The molecule has 0 spiro atoms. The number of para-hydroxylation sites is 1. The third-order valence-electron chi connectivity index (χ3n) is 10.8. The maximum Gasteiger partial charge on any atom is 0.231 e. The maximum atomic E-state index is 11.8.